The van der Waals surface area contributed by atoms with Crippen LogP contribution in [-0.2, 0) is 9.53 Å². The summed E-state index contributed by atoms with van der Waals surface area (Å²) in [6.45, 7) is 1.82. The fourth-order valence-corrected chi connectivity index (χ4v) is 4.54. The summed E-state index contributed by atoms with van der Waals surface area (Å²) in [6, 6.07) is -0.430. The maximum Gasteiger partial charge on any atom is 0.323 e. The van der Waals surface area contributed by atoms with E-state index in [9.17, 15) is 19.8 Å². The molecule has 0 aromatic carbocycles. The third-order valence-electron chi connectivity index (χ3n) is 3.74. The molecule has 3 N–H and O–H groups in total. The van der Waals surface area contributed by atoms with Gasteiger partial charge in [0.2, 0.25) is 0 Å². The van der Waals surface area contributed by atoms with Crippen LogP contribution in [0.2, 0.25) is 0 Å². The summed E-state index contributed by atoms with van der Waals surface area (Å²) in [6.07, 6.45) is 2.98. The maximum atomic E-state index is 12.1. The second kappa shape index (κ2) is 12.6. The second-order valence-electron chi connectivity index (χ2n) is 5.65. The number of aliphatic hydroxyl groups is 2. The highest BCUT2D eigenvalue weighted by molar-refractivity contribution is 8.76. The van der Waals surface area contributed by atoms with Crippen LogP contribution in [0.5, 0.6) is 0 Å². The van der Waals surface area contributed by atoms with Crippen LogP contribution in [0.25, 0.3) is 0 Å². The highest BCUT2D eigenvalue weighted by Crippen LogP contribution is 2.26. The zero-order valence-electron chi connectivity index (χ0n) is 14.7. The number of rotatable bonds is 11. The van der Waals surface area contributed by atoms with Crippen LogP contribution in [-0.4, -0.2) is 71.0 Å². The average molecular weight is 393 g/mol. The Labute approximate surface area is 156 Å². The van der Waals surface area contributed by atoms with Gasteiger partial charge in [-0.05, 0) is 12.8 Å². The molecule has 1 aliphatic heterocycles. The lowest BCUT2D eigenvalue weighted by Gasteiger charge is -2.25. The van der Waals surface area contributed by atoms with Crippen molar-refractivity contribution in [1.82, 2.24) is 10.2 Å². The quantitative estimate of drug-likeness (QED) is 0.213. The lowest BCUT2D eigenvalue weighted by molar-refractivity contribution is -0.105. The summed E-state index contributed by atoms with van der Waals surface area (Å²) in [5, 5.41) is 21.5. The van der Waals surface area contributed by atoms with E-state index in [1.54, 1.807) is 21.6 Å². The number of nitrogens with one attached hydrogen (secondary N) is 1. The number of aliphatic hydroxyl groups excluding tert-OH is 2. The molecule has 1 heterocycles. The number of nitrogens with zero attached hydrogens (tertiary/aromatic N) is 1. The number of urea groups is 1. The maximum absolute atomic E-state index is 12.1. The highest BCUT2D eigenvalue weighted by atomic mass is 33.1. The molecule has 0 aliphatic carbocycles. The number of hydrogen-bond donors (Lipinski definition) is 3. The molecule has 25 heavy (non-hydrogen) atoms. The Morgan fingerprint density at radius 3 is 2.68 bits per heavy atom. The molecule has 0 saturated carbocycles. The highest BCUT2D eigenvalue weighted by Gasteiger charge is 2.38. The molecule has 0 unspecified atom stereocenters. The van der Waals surface area contributed by atoms with Crippen molar-refractivity contribution in [3.05, 3.63) is 11.8 Å². The van der Waals surface area contributed by atoms with Gasteiger partial charge >= 0.3 is 6.03 Å². The molecule has 7 nitrogen and oxygen atoms in total. The summed E-state index contributed by atoms with van der Waals surface area (Å²) in [4.78, 5) is 24.7. The molecule has 144 valence electrons. The predicted molar refractivity (Wildman–Crippen MR) is 101 cm³/mol. The zero-order chi connectivity index (χ0) is 18.7. The predicted octanol–water partition coefficient (Wildman–Crippen LogP) is 1.75. The van der Waals surface area contributed by atoms with E-state index in [2.05, 4.69) is 12.2 Å². The number of carbonyl (C=O) groups excluding carboxylic acids is 2. The number of unbranched alkanes of at least 4 members (excludes halogenated alkanes) is 1. The van der Waals surface area contributed by atoms with Crippen LogP contribution < -0.4 is 5.32 Å². The zero-order valence-corrected chi connectivity index (χ0v) is 16.4. The Bertz CT molecular complexity index is 450. The van der Waals surface area contributed by atoms with E-state index >= 15 is 0 Å². The van der Waals surface area contributed by atoms with E-state index in [1.807, 2.05) is 0 Å². The van der Waals surface area contributed by atoms with Crippen molar-refractivity contribution in [2.45, 2.75) is 51.0 Å². The smallest absolute Gasteiger partial charge is 0.323 e. The monoisotopic (exact) mass is 392 g/mol. The standard InChI is InChI=1S/C16H28N2O5S2/c1-3-4-6-24-25-7-5-12(10-19)9-18(16(22)17-2)15-8-13(21)14(11-20)23-15/h9-10,13-15,20-21H,3-8,11H2,1-2H3,(H,17,22)/b12-9-/t13-,14+,15+/m0/s1. The Kier molecular flexibility index (Phi) is 11.2. The van der Waals surface area contributed by atoms with Crippen LogP contribution in [0.3, 0.4) is 0 Å². The van der Waals surface area contributed by atoms with Gasteiger partial charge in [0.25, 0.3) is 0 Å². The van der Waals surface area contributed by atoms with Gasteiger partial charge < -0.3 is 20.3 Å². The number of carbonyl (C=O) groups is 2. The van der Waals surface area contributed by atoms with E-state index in [0.717, 1.165) is 24.2 Å². The molecule has 0 bridgehead atoms. The summed E-state index contributed by atoms with van der Waals surface area (Å²) in [5.74, 6) is 1.86. The van der Waals surface area contributed by atoms with Crippen LogP contribution in [0.15, 0.2) is 11.8 Å². The first kappa shape index (κ1) is 22.3. The van der Waals surface area contributed by atoms with Gasteiger partial charge in [0.1, 0.15) is 18.6 Å². The van der Waals surface area contributed by atoms with Gasteiger partial charge in [0, 0.05) is 36.7 Å². The first-order valence-corrected chi connectivity index (χ1v) is 10.9. The Morgan fingerprint density at radius 2 is 2.12 bits per heavy atom. The minimum absolute atomic E-state index is 0.183. The number of hydrogen-bond acceptors (Lipinski definition) is 7. The second-order valence-corrected chi connectivity index (χ2v) is 8.35. The lowest BCUT2D eigenvalue weighted by Crippen LogP contribution is -2.42. The van der Waals surface area contributed by atoms with E-state index in [0.29, 0.717) is 12.0 Å². The minimum atomic E-state index is -0.847. The third kappa shape index (κ3) is 7.57. The first-order valence-electron chi connectivity index (χ1n) is 8.42. The van der Waals surface area contributed by atoms with Crippen LogP contribution in [0.4, 0.5) is 4.79 Å². The van der Waals surface area contributed by atoms with Gasteiger partial charge in [-0.2, -0.15) is 0 Å². The number of allylic oxidation sites excluding steroid dienone is 1. The molecule has 2 amide bonds. The number of amides is 2. The van der Waals surface area contributed by atoms with Gasteiger partial charge in [0.15, 0.2) is 0 Å². The van der Waals surface area contributed by atoms with Gasteiger partial charge in [-0.25, -0.2) is 4.79 Å². The summed E-state index contributed by atoms with van der Waals surface area (Å²) in [7, 11) is 4.98. The van der Waals surface area contributed by atoms with Gasteiger partial charge in [-0.1, -0.05) is 34.9 Å². The van der Waals surface area contributed by atoms with Crippen molar-refractivity contribution in [2.24, 2.45) is 0 Å². The summed E-state index contributed by atoms with van der Waals surface area (Å²) >= 11 is 0. The summed E-state index contributed by atoms with van der Waals surface area (Å²) in [5.41, 5.74) is 0.484. The van der Waals surface area contributed by atoms with Gasteiger partial charge in [-0.3, -0.25) is 9.69 Å². The molecular formula is C16H28N2O5S2. The fourth-order valence-electron chi connectivity index (χ4n) is 2.27. The molecule has 0 radical (unpaired) electrons. The van der Waals surface area contributed by atoms with E-state index in [1.165, 1.54) is 24.6 Å². The molecule has 1 saturated heterocycles. The molecule has 1 rings (SSSR count). The Balaban J connectivity index is 2.65. The van der Waals surface area contributed by atoms with Crippen LogP contribution in [0.1, 0.15) is 32.6 Å². The molecular weight excluding hydrogens is 364 g/mol. The molecule has 0 aromatic rings. The van der Waals surface area contributed by atoms with Gasteiger partial charge in [-0.15, -0.1) is 0 Å². The van der Waals surface area contributed by atoms with Crippen molar-refractivity contribution < 1.29 is 24.5 Å². The van der Waals surface area contributed by atoms with Crippen LogP contribution >= 0.6 is 21.6 Å². The molecule has 3 atom stereocenters. The minimum Gasteiger partial charge on any atom is -0.394 e. The SMILES string of the molecule is CCCCSSCC/C(C=O)=C/N(C(=O)NC)[C@H]1C[C@H](O)[C@@H](CO)O1. The molecule has 0 aromatic heterocycles. The topological polar surface area (TPSA) is 99.1 Å². The lowest BCUT2D eigenvalue weighted by atomic mass is 10.2. The van der Waals surface area contributed by atoms with E-state index < -0.39 is 24.5 Å². The largest absolute Gasteiger partial charge is 0.394 e. The Hall–Kier alpha value is -0.740. The molecule has 9 heteroatoms. The van der Waals surface area contributed by atoms with Crippen molar-refractivity contribution in [1.29, 1.82) is 0 Å². The normalized spacial score (nSPS) is 23.5. The molecule has 1 aliphatic rings. The van der Waals surface area contributed by atoms with Crippen molar-refractivity contribution in [2.75, 3.05) is 25.2 Å². The van der Waals surface area contributed by atoms with Crippen molar-refractivity contribution in [3.8, 4) is 0 Å². The van der Waals surface area contributed by atoms with Crippen molar-refractivity contribution in [3.63, 3.8) is 0 Å². The van der Waals surface area contributed by atoms with E-state index in [4.69, 9.17) is 4.74 Å². The number of aldehydes is 1. The van der Waals surface area contributed by atoms with Gasteiger partial charge in [0.05, 0.1) is 12.7 Å². The summed E-state index contributed by atoms with van der Waals surface area (Å²) < 4.78 is 5.52. The van der Waals surface area contributed by atoms with Crippen LogP contribution in [0, 0.1) is 0 Å². The van der Waals surface area contributed by atoms with E-state index in [-0.39, 0.29) is 13.0 Å². The van der Waals surface area contributed by atoms with Crippen molar-refractivity contribution >= 4 is 33.9 Å². The average Bonchev–Trinajstić information content (AvgIpc) is 3.00. The third-order valence-corrected chi connectivity index (χ3v) is 6.23. The fraction of sp³-hybridized carbons (Fsp3) is 0.750. The molecule has 1 fully saturated rings. The number of ether oxygens (including phenoxy) is 1. The molecule has 0 spiro atoms. The first-order chi connectivity index (χ1) is 12.1. The Morgan fingerprint density at radius 1 is 1.40 bits per heavy atom.